The summed E-state index contributed by atoms with van der Waals surface area (Å²) in [5.41, 5.74) is 1.78. The van der Waals surface area contributed by atoms with E-state index in [2.05, 4.69) is 10.2 Å². The van der Waals surface area contributed by atoms with Crippen molar-refractivity contribution < 1.29 is 14.3 Å². The predicted molar refractivity (Wildman–Crippen MR) is 109 cm³/mol. The monoisotopic (exact) mass is 387 g/mol. The molecule has 0 aliphatic carbocycles. The number of pyridine rings is 1. The van der Waals surface area contributed by atoms with Crippen LogP contribution in [0.15, 0.2) is 29.1 Å². The summed E-state index contributed by atoms with van der Waals surface area (Å²) >= 11 is 0. The number of hydrogen-bond donors (Lipinski definition) is 1. The van der Waals surface area contributed by atoms with E-state index in [0.717, 1.165) is 55.7 Å². The quantitative estimate of drug-likeness (QED) is 0.744. The first-order valence-corrected chi connectivity index (χ1v) is 9.92. The van der Waals surface area contributed by atoms with Gasteiger partial charge < -0.3 is 19.4 Å². The van der Waals surface area contributed by atoms with Gasteiger partial charge in [-0.15, -0.1) is 0 Å². The molecular weight excluding hydrogens is 358 g/mol. The lowest BCUT2D eigenvalue weighted by Crippen LogP contribution is -2.42. The zero-order valence-electron chi connectivity index (χ0n) is 16.7. The summed E-state index contributed by atoms with van der Waals surface area (Å²) in [7, 11) is 0. The second kappa shape index (κ2) is 9.71. The number of amides is 1. The third-order valence-corrected chi connectivity index (χ3v) is 4.96. The molecule has 1 aromatic heterocycles. The zero-order valence-corrected chi connectivity index (χ0v) is 16.7. The minimum absolute atomic E-state index is 0.00939. The molecule has 0 spiro atoms. The van der Waals surface area contributed by atoms with Crippen molar-refractivity contribution in [3.63, 3.8) is 0 Å². The van der Waals surface area contributed by atoms with Gasteiger partial charge in [0.05, 0.1) is 18.7 Å². The highest BCUT2D eigenvalue weighted by Crippen LogP contribution is 2.22. The second-order valence-electron chi connectivity index (χ2n) is 7.09. The van der Waals surface area contributed by atoms with Crippen LogP contribution in [-0.4, -0.2) is 61.4 Å². The van der Waals surface area contributed by atoms with E-state index in [4.69, 9.17) is 9.47 Å². The van der Waals surface area contributed by atoms with E-state index < -0.39 is 0 Å². The number of ether oxygens (including phenoxy) is 2. The molecule has 2 aromatic rings. The third kappa shape index (κ3) is 5.11. The van der Waals surface area contributed by atoms with Crippen LogP contribution in [0.1, 0.15) is 18.9 Å². The molecule has 1 amide bonds. The van der Waals surface area contributed by atoms with E-state index in [0.29, 0.717) is 18.8 Å². The molecular formula is C21H29N3O4. The third-order valence-electron chi connectivity index (χ3n) is 4.96. The van der Waals surface area contributed by atoms with E-state index in [-0.39, 0.29) is 18.1 Å². The van der Waals surface area contributed by atoms with Crippen LogP contribution < -0.4 is 15.6 Å². The molecule has 1 N–H and O–H groups in total. The highest BCUT2D eigenvalue weighted by Gasteiger charge is 2.11. The largest absolute Gasteiger partial charge is 0.484 e. The molecule has 1 aromatic carbocycles. The topological polar surface area (TPSA) is 72.8 Å². The summed E-state index contributed by atoms with van der Waals surface area (Å²) in [4.78, 5) is 26.6. The molecule has 152 valence electrons. The van der Waals surface area contributed by atoms with Gasteiger partial charge in [0.15, 0.2) is 6.61 Å². The lowest BCUT2D eigenvalue weighted by Gasteiger charge is -2.26. The summed E-state index contributed by atoms with van der Waals surface area (Å²) in [5, 5.41) is 3.91. The Morgan fingerprint density at radius 3 is 2.75 bits per heavy atom. The van der Waals surface area contributed by atoms with Crippen LogP contribution in [0.3, 0.4) is 0 Å². The van der Waals surface area contributed by atoms with Crippen LogP contribution >= 0.6 is 0 Å². The fourth-order valence-electron chi connectivity index (χ4n) is 3.45. The second-order valence-corrected chi connectivity index (χ2v) is 7.09. The Morgan fingerprint density at radius 1 is 1.21 bits per heavy atom. The van der Waals surface area contributed by atoms with Crippen LogP contribution in [0.5, 0.6) is 5.75 Å². The van der Waals surface area contributed by atoms with Crippen LogP contribution in [0.2, 0.25) is 0 Å². The highest BCUT2D eigenvalue weighted by atomic mass is 16.5. The number of aromatic nitrogens is 1. The van der Waals surface area contributed by atoms with E-state index in [1.807, 2.05) is 32.0 Å². The Kier molecular flexibility index (Phi) is 7.06. The van der Waals surface area contributed by atoms with Crippen molar-refractivity contribution in [1.29, 1.82) is 0 Å². The molecule has 1 saturated heterocycles. The lowest BCUT2D eigenvalue weighted by molar-refractivity contribution is -0.123. The SMILES string of the molecule is CCCn1c(=O)cc(C)c2ccc(OCC(=O)NCCN3CCOCC3)cc21. The van der Waals surface area contributed by atoms with Crippen molar-refractivity contribution in [2.75, 3.05) is 46.0 Å². The van der Waals surface area contributed by atoms with Crippen molar-refractivity contribution in [3.05, 3.63) is 40.2 Å². The molecule has 1 fully saturated rings. The van der Waals surface area contributed by atoms with Gasteiger partial charge in [-0.05, 0) is 31.0 Å². The Balaban J connectivity index is 1.58. The van der Waals surface area contributed by atoms with E-state index in [9.17, 15) is 9.59 Å². The van der Waals surface area contributed by atoms with Gasteiger partial charge in [-0.3, -0.25) is 14.5 Å². The predicted octanol–water partition coefficient (Wildman–Crippen LogP) is 1.55. The fraction of sp³-hybridized carbons (Fsp3) is 0.524. The fourth-order valence-corrected chi connectivity index (χ4v) is 3.45. The molecule has 28 heavy (non-hydrogen) atoms. The first kappa shape index (κ1) is 20.4. The van der Waals surface area contributed by atoms with Crippen molar-refractivity contribution in [1.82, 2.24) is 14.8 Å². The number of morpholine rings is 1. The van der Waals surface area contributed by atoms with Gasteiger partial charge >= 0.3 is 0 Å². The number of nitrogens with one attached hydrogen (secondary N) is 1. The molecule has 0 radical (unpaired) electrons. The zero-order chi connectivity index (χ0) is 19.9. The average molecular weight is 387 g/mol. The number of nitrogens with zero attached hydrogens (tertiary/aromatic N) is 2. The summed E-state index contributed by atoms with van der Waals surface area (Å²) < 4.78 is 12.7. The molecule has 1 aliphatic rings. The number of aryl methyl sites for hydroxylation is 2. The first-order chi connectivity index (χ1) is 13.6. The van der Waals surface area contributed by atoms with Gasteiger partial charge in [0.25, 0.3) is 11.5 Å². The van der Waals surface area contributed by atoms with Gasteiger partial charge in [0.1, 0.15) is 5.75 Å². The van der Waals surface area contributed by atoms with E-state index in [1.165, 1.54) is 0 Å². The van der Waals surface area contributed by atoms with Gasteiger partial charge in [0, 0.05) is 50.2 Å². The summed E-state index contributed by atoms with van der Waals surface area (Å²) in [6, 6.07) is 7.31. The molecule has 1 aliphatic heterocycles. The Labute approximate surface area is 165 Å². The van der Waals surface area contributed by atoms with Gasteiger partial charge in [-0.2, -0.15) is 0 Å². The maximum absolute atomic E-state index is 12.3. The standard InChI is InChI=1S/C21H29N3O4/c1-3-7-24-19-14-17(4-5-18(19)16(2)13-21(24)26)28-15-20(25)22-6-8-23-9-11-27-12-10-23/h4-5,13-14H,3,6-12,15H2,1-2H3,(H,22,25). The summed E-state index contributed by atoms with van der Waals surface area (Å²) in [5.74, 6) is 0.439. The van der Waals surface area contributed by atoms with Crippen molar-refractivity contribution in [2.24, 2.45) is 0 Å². The lowest BCUT2D eigenvalue weighted by atomic mass is 10.1. The molecule has 0 atom stereocenters. The molecule has 3 rings (SSSR count). The molecule has 2 heterocycles. The molecule has 0 saturated carbocycles. The Hall–Kier alpha value is -2.38. The van der Waals surface area contributed by atoms with Crippen molar-refractivity contribution in [2.45, 2.75) is 26.8 Å². The van der Waals surface area contributed by atoms with E-state index >= 15 is 0 Å². The van der Waals surface area contributed by atoms with Crippen LogP contribution in [0.25, 0.3) is 10.9 Å². The maximum Gasteiger partial charge on any atom is 0.257 e. The smallest absolute Gasteiger partial charge is 0.257 e. The minimum atomic E-state index is -0.149. The van der Waals surface area contributed by atoms with Gasteiger partial charge in [-0.25, -0.2) is 0 Å². The van der Waals surface area contributed by atoms with Crippen LogP contribution in [0.4, 0.5) is 0 Å². The number of fused-ring (bicyclic) bond motifs is 1. The molecule has 7 heteroatoms. The van der Waals surface area contributed by atoms with Crippen molar-refractivity contribution >= 4 is 16.8 Å². The molecule has 0 bridgehead atoms. The van der Waals surface area contributed by atoms with E-state index in [1.54, 1.807) is 10.6 Å². The number of rotatable bonds is 8. The van der Waals surface area contributed by atoms with Gasteiger partial charge in [0.2, 0.25) is 0 Å². The summed E-state index contributed by atoms with van der Waals surface area (Å²) in [6.45, 7) is 9.30. The molecule has 0 unspecified atom stereocenters. The number of hydrogen-bond acceptors (Lipinski definition) is 5. The first-order valence-electron chi connectivity index (χ1n) is 9.92. The Morgan fingerprint density at radius 2 is 2.00 bits per heavy atom. The van der Waals surface area contributed by atoms with Gasteiger partial charge in [-0.1, -0.05) is 6.92 Å². The number of carbonyl (C=O) groups is 1. The molecule has 7 nitrogen and oxygen atoms in total. The normalized spacial score (nSPS) is 14.9. The highest BCUT2D eigenvalue weighted by molar-refractivity contribution is 5.84. The van der Waals surface area contributed by atoms with Crippen LogP contribution in [-0.2, 0) is 16.1 Å². The average Bonchev–Trinajstić information content (AvgIpc) is 2.70. The van der Waals surface area contributed by atoms with Crippen molar-refractivity contribution in [3.8, 4) is 5.75 Å². The minimum Gasteiger partial charge on any atom is -0.484 e. The number of benzene rings is 1. The van der Waals surface area contributed by atoms with Crippen LogP contribution in [0, 0.1) is 6.92 Å². The number of carbonyl (C=O) groups excluding carboxylic acids is 1. The maximum atomic E-state index is 12.3. The Bertz CT molecular complexity index is 872. The summed E-state index contributed by atoms with van der Waals surface area (Å²) in [6.07, 6.45) is 0.870.